The van der Waals surface area contributed by atoms with Crippen LogP contribution in [-0.4, -0.2) is 27.8 Å². The number of carbonyl (C=O) groups is 1. The highest BCUT2D eigenvalue weighted by molar-refractivity contribution is 5.99. The topological polar surface area (TPSA) is 76.3 Å². The Bertz CT molecular complexity index is 729. The van der Waals surface area contributed by atoms with Crippen molar-refractivity contribution in [2.24, 2.45) is 23.7 Å². The Morgan fingerprint density at radius 2 is 2.00 bits per heavy atom. The molecule has 4 aliphatic rings. The Morgan fingerprint density at radius 1 is 1.22 bits per heavy atom. The number of hydrogen-bond donors (Lipinski definition) is 0. The first-order valence-corrected chi connectivity index (χ1v) is 8.26. The van der Waals surface area contributed by atoms with Gasteiger partial charge in [0.25, 0.3) is 5.69 Å². The zero-order valence-corrected chi connectivity index (χ0v) is 12.5. The van der Waals surface area contributed by atoms with Gasteiger partial charge in [-0.15, -0.1) is 0 Å². The van der Waals surface area contributed by atoms with Crippen molar-refractivity contribution in [3.05, 3.63) is 40.6 Å². The van der Waals surface area contributed by atoms with Crippen LogP contribution in [0.5, 0.6) is 0 Å². The second-order valence-electron chi connectivity index (χ2n) is 7.22. The SMILES string of the molecule is O=C1C=CC2C3C4CCC(C4)C3C1N2c1ccc([N+](=O)[O-])cn1. The maximum Gasteiger partial charge on any atom is 0.287 e. The van der Waals surface area contributed by atoms with Gasteiger partial charge in [0.15, 0.2) is 5.78 Å². The number of rotatable bonds is 2. The van der Waals surface area contributed by atoms with E-state index in [1.54, 1.807) is 12.1 Å². The van der Waals surface area contributed by atoms with Crippen LogP contribution < -0.4 is 4.90 Å². The van der Waals surface area contributed by atoms with E-state index in [2.05, 4.69) is 9.88 Å². The molecule has 2 aliphatic carbocycles. The van der Waals surface area contributed by atoms with Gasteiger partial charge in [-0.2, -0.15) is 0 Å². The van der Waals surface area contributed by atoms with Crippen LogP contribution in [0.3, 0.4) is 0 Å². The van der Waals surface area contributed by atoms with Gasteiger partial charge in [-0.1, -0.05) is 6.08 Å². The molecule has 6 unspecified atom stereocenters. The van der Waals surface area contributed by atoms with Gasteiger partial charge in [-0.05, 0) is 55.1 Å². The second-order valence-corrected chi connectivity index (χ2v) is 7.22. The lowest BCUT2D eigenvalue weighted by Crippen LogP contribution is -2.46. The number of pyridine rings is 1. The van der Waals surface area contributed by atoms with E-state index >= 15 is 0 Å². The zero-order chi connectivity index (χ0) is 15.7. The van der Waals surface area contributed by atoms with Crippen LogP contribution in [-0.2, 0) is 4.79 Å². The molecule has 0 spiro atoms. The van der Waals surface area contributed by atoms with Crippen molar-refractivity contribution in [3.8, 4) is 0 Å². The molecule has 0 aromatic carbocycles. The van der Waals surface area contributed by atoms with Crippen molar-refractivity contribution in [2.45, 2.75) is 31.3 Å². The van der Waals surface area contributed by atoms with Crippen LogP contribution in [0.4, 0.5) is 11.5 Å². The van der Waals surface area contributed by atoms with Crippen molar-refractivity contribution in [3.63, 3.8) is 0 Å². The molecule has 6 nitrogen and oxygen atoms in total. The van der Waals surface area contributed by atoms with Crippen LogP contribution in [0, 0.1) is 33.8 Å². The lowest BCUT2D eigenvalue weighted by Gasteiger charge is -2.34. The van der Waals surface area contributed by atoms with Crippen LogP contribution in [0.15, 0.2) is 30.5 Å². The lowest BCUT2D eigenvalue weighted by atomic mass is 9.76. The third kappa shape index (κ3) is 1.63. The summed E-state index contributed by atoms with van der Waals surface area (Å²) in [6.07, 6.45) is 8.86. The molecular formula is C17H17N3O3. The molecule has 1 aromatic heterocycles. The molecule has 6 heteroatoms. The van der Waals surface area contributed by atoms with Gasteiger partial charge in [0.1, 0.15) is 12.0 Å². The first-order chi connectivity index (χ1) is 11.1. The highest BCUT2D eigenvalue weighted by atomic mass is 16.6. The minimum absolute atomic E-state index is 0.0137. The number of nitro groups is 1. The molecule has 6 atom stereocenters. The first kappa shape index (κ1) is 13.2. The summed E-state index contributed by atoms with van der Waals surface area (Å²) < 4.78 is 0. The van der Waals surface area contributed by atoms with E-state index in [-0.39, 0.29) is 23.6 Å². The molecule has 0 radical (unpaired) electrons. The molecule has 2 aliphatic heterocycles. The number of carbonyl (C=O) groups excluding carboxylic acids is 1. The van der Waals surface area contributed by atoms with Crippen molar-refractivity contribution < 1.29 is 9.72 Å². The summed E-state index contributed by atoms with van der Waals surface area (Å²) in [5.74, 6) is 3.20. The zero-order valence-electron chi connectivity index (χ0n) is 12.5. The summed E-state index contributed by atoms with van der Waals surface area (Å²) in [5.41, 5.74) is -0.0137. The molecule has 118 valence electrons. The minimum atomic E-state index is -0.443. The van der Waals surface area contributed by atoms with Crippen molar-refractivity contribution in [1.82, 2.24) is 4.98 Å². The molecule has 3 heterocycles. The van der Waals surface area contributed by atoms with E-state index in [1.807, 2.05) is 6.08 Å². The molecule has 1 saturated heterocycles. The maximum atomic E-state index is 12.6. The van der Waals surface area contributed by atoms with Gasteiger partial charge in [-0.25, -0.2) is 4.98 Å². The molecule has 1 aromatic rings. The summed E-state index contributed by atoms with van der Waals surface area (Å²) >= 11 is 0. The fourth-order valence-electron chi connectivity index (χ4n) is 5.69. The Kier molecular flexibility index (Phi) is 2.53. The quantitative estimate of drug-likeness (QED) is 0.619. The Labute approximate surface area is 133 Å². The molecule has 0 amide bonds. The Morgan fingerprint density at radius 3 is 2.70 bits per heavy atom. The van der Waals surface area contributed by atoms with Crippen LogP contribution in [0.2, 0.25) is 0 Å². The van der Waals surface area contributed by atoms with Crippen molar-refractivity contribution in [1.29, 1.82) is 0 Å². The van der Waals surface area contributed by atoms with Crippen LogP contribution in [0.1, 0.15) is 19.3 Å². The van der Waals surface area contributed by atoms with E-state index in [9.17, 15) is 14.9 Å². The van der Waals surface area contributed by atoms with Crippen LogP contribution in [0.25, 0.3) is 0 Å². The number of aromatic nitrogens is 1. The average molecular weight is 311 g/mol. The maximum absolute atomic E-state index is 12.6. The molecule has 4 bridgehead atoms. The van der Waals surface area contributed by atoms with E-state index in [4.69, 9.17) is 0 Å². The number of fused-ring (bicyclic) bond motifs is 9. The minimum Gasteiger partial charge on any atom is -0.339 e. The predicted octanol–water partition coefficient (Wildman–Crippen LogP) is 2.35. The van der Waals surface area contributed by atoms with Gasteiger partial charge in [-0.3, -0.25) is 14.9 Å². The first-order valence-electron chi connectivity index (χ1n) is 8.26. The second kappa shape index (κ2) is 4.40. The van der Waals surface area contributed by atoms with E-state index in [0.717, 1.165) is 5.92 Å². The number of anilines is 1. The molecule has 2 saturated carbocycles. The number of hydrogen-bond acceptors (Lipinski definition) is 5. The summed E-state index contributed by atoms with van der Waals surface area (Å²) in [6.45, 7) is 0. The van der Waals surface area contributed by atoms with Crippen LogP contribution >= 0.6 is 0 Å². The molecule has 3 fully saturated rings. The van der Waals surface area contributed by atoms with Gasteiger partial charge in [0.05, 0.1) is 17.0 Å². The molecule has 23 heavy (non-hydrogen) atoms. The Balaban J connectivity index is 1.57. The number of nitrogens with zero attached hydrogens (tertiary/aromatic N) is 3. The Hall–Kier alpha value is -2.24. The fourth-order valence-corrected chi connectivity index (χ4v) is 5.69. The normalized spacial score (nSPS) is 39.8. The van der Waals surface area contributed by atoms with Gasteiger partial charge in [0.2, 0.25) is 0 Å². The van der Waals surface area contributed by atoms with Gasteiger partial charge in [0, 0.05) is 6.07 Å². The third-order valence-electron chi connectivity index (χ3n) is 6.38. The highest BCUT2D eigenvalue weighted by Gasteiger charge is 2.62. The third-order valence-corrected chi connectivity index (χ3v) is 6.38. The standard InChI is InChI=1S/C17H17N3O3/c21-13-5-4-12-15-9-1-2-10(7-9)16(15)17(13)19(12)14-6-3-11(8-18-14)20(22)23/h3-6,8-10,12,15-17H,1-2,7H2. The summed E-state index contributed by atoms with van der Waals surface area (Å²) in [4.78, 5) is 29.4. The molecule has 0 N–H and O–H groups in total. The summed E-state index contributed by atoms with van der Waals surface area (Å²) in [5, 5.41) is 10.8. The molecule has 5 rings (SSSR count). The lowest BCUT2D eigenvalue weighted by molar-refractivity contribution is -0.385. The monoisotopic (exact) mass is 311 g/mol. The van der Waals surface area contributed by atoms with E-state index < -0.39 is 4.92 Å². The van der Waals surface area contributed by atoms with E-state index in [1.165, 1.54) is 31.5 Å². The average Bonchev–Trinajstić information content (AvgIpc) is 3.21. The smallest absolute Gasteiger partial charge is 0.287 e. The predicted molar refractivity (Wildman–Crippen MR) is 82.9 cm³/mol. The van der Waals surface area contributed by atoms with E-state index in [0.29, 0.717) is 23.6 Å². The molecular weight excluding hydrogens is 294 g/mol. The highest BCUT2D eigenvalue weighted by Crippen LogP contribution is 2.61. The largest absolute Gasteiger partial charge is 0.339 e. The fraction of sp³-hybridized carbons (Fsp3) is 0.529. The summed E-state index contributed by atoms with van der Waals surface area (Å²) in [7, 11) is 0. The summed E-state index contributed by atoms with van der Waals surface area (Å²) in [6, 6.07) is 3.26. The van der Waals surface area contributed by atoms with Crippen molar-refractivity contribution in [2.75, 3.05) is 4.90 Å². The van der Waals surface area contributed by atoms with Gasteiger partial charge < -0.3 is 4.90 Å². The van der Waals surface area contributed by atoms with Crippen molar-refractivity contribution >= 4 is 17.3 Å². The van der Waals surface area contributed by atoms with Gasteiger partial charge >= 0.3 is 0 Å². The number of ketones is 1.